The molecule has 0 amide bonds. The Morgan fingerprint density at radius 1 is 1.47 bits per heavy atom. The standard InChI is InChI=1S/C14H20FNO/c1-10-4-3-7-16(9-10)14-6-5-12(11(2)17)8-13(14)15/h5-6,8,10-11,17H,3-4,7,9H2,1-2H3/t10-,11+/m0/s1. The summed E-state index contributed by atoms with van der Waals surface area (Å²) in [5, 5.41) is 9.41. The van der Waals surface area contributed by atoms with Crippen molar-refractivity contribution in [2.75, 3.05) is 18.0 Å². The van der Waals surface area contributed by atoms with Gasteiger partial charge in [0.15, 0.2) is 0 Å². The van der Waals surface area contributed by atoms with Crippen molar-refractivity contribution in [3.8, 4) is 0 Å². The normalized spacial score (nSPS) is 22.6. The van der Waals surface area contributed by atoms with Gasteiger partial charge in [0.2, 0.25) is 0 Å². The third-order valence-corrected chi connectivity index (χ3v) is 3.45. The largest absolute Gasteiger partial charge is 0.389 e. The molecule has 0 bridgehead atoms. The van der Waals surface area contributed by atoms with E-state index in [0.717, 1.165) is 19.5 Å². The molecule has 1 fully saturated rings. The summed E-state index contributed by atoms with van der Waals surface area (Å²) in [6.07, 6.45) is 1.74. The molecule has 0 radical (unpaired) electrons. The molecule has 2 rings (SSSR count). The summed E-state index contributed by atoms with van der Waals surface area (Å²) in [6, 6.07) is 5.04. The minimum absolute atomic E-state index is 0.225. The summed E-state index contributed by atoms with van der Waals surface area (Å²) in [4.78, 5) is 2.11. The smallest absolute Gasteiger partial charge is 0.146 e. The number of benzene rings is 1. The highest BCUT2D eigenvalue weighted by atomic mass is 19.1. The molecule has 1 saturated heterocycles. The maximum Gasteiger partial charge on any atom is 0.146 e. The zero-order valence-corrected chi connectivity index (χ0v) is 10.5. The highest BCUT2D eigenvalue weighted by Gasteiger charge is 2.19. The second kappa shape index (κ2) is 5.05. The number of anilines is 1. The van der Waals surface area contributed by atoms with Crippen LogP contribution in [0, 0.1) is 11.7 Å². The van der Waals surface area contributed by atoms with Crippen molar-refractivity contribution >= 4 is 5.69 Å². The van der Waals surface area contributed by atoms with Crippen LogP contribution in [-0.2, 0) is 0 Å². The fraction of sp³-hybridized carbons (Fsp3) is 0.571. The van der Waals surface area contributed by atoms with Crippen molar-refractivity contribution in [1.29, 1.82) is 0 Å². The molecule has 1 aromatic carbocycles. The van der Waals surface area contributed by atoms with E-state index in [1.54, 1.807) is 13.0 Å². The van der Waals surface area contributed by atoms with Crippen LogP contribution in [0.3, 0.4) is 0 Å². The van der Waals surface area contributed by atoms with E-state index in [0.29, 0.717) is 17.2 Å². The predicted molar refractivity (Wildman–Crippen MR) is 67.6 cm³/mol. The van der Waals surface area contributed by atoms with Crippen LogP contribution in [0.2, 0.25) is 0 Å². The number of hydrogen-bond donors (Lipinski definition) is 1. The van der Waals surface area contributed by atoms with Gasteiger partial charge in [-0.15, -0.1) is 0 Å². The van der Waals surface area contributed by atoms with E-state index in [1.165, 1.54) is 12.5 Å². The molecule has 0 aromatic heterocycles. The van der Waals surface area contributed by atoms with Gasteiger partial charge in [0.1, 0.15) is 5.82 Å². The summed E-state index contributed by atoms with van der Waals surface area (Å²) in [5.41, 5.74) is 1.30. The first-order valence-corrected chi connectivity index (χ1v) is 6.30. The number of nitrogens with zero attached hydrogens (tertiary/aromatic N) is 1. The predicted octanol–water partition coefficient (Wildman–Crippen LogP) is 3.12. The number of aliphatic hydroxyl groups excluding tert-OH is 1. The molecule has 0 saturated carbocycles. The Balaban J connectivity index is 2.21. The van der Waals surface area contributed by atoms with Gasteiger partial charge in [-0.25, -0.2) is 4.39 Å². The Bertz CT molecular complexity index is 392. The Morgan fingerprint density at radius 2 is 2.24 bits per heavy atom. The van der Waals surface area contributed by atoms with E-state index in [9.17, 15) is 9.50 Å². The molecule has 1 N–H and O–H groups in total. The van der Waals surface area contributed by atoms with Crippen molar-refractivity contribution in [2.24, 2.45) is 5.92 Å². The second-order valence-corrected chi connectivity index (χ2v) is 5.08. The lowest BCUT2D eigenvalue weighted by Gasteiger charge is -2.33. The molecule has 3 heteroatoms. The van der Waals surface area contributed by atoms with Gasteiger partial charge in [0.25, 0.3) is 0 Å². The molecule has 2 nitrogen and oxygen atoms in total. The van der Waals surface area contributed by atoms with Crippen LogP contribution in [0.1, 0.15) is 38.4 Å². The van der Waals surface area contributed by atoms with Gasteiger partial charge in [0.05, 0.1) is 11.8 Å². The first kappa shape index (κ1) is 12.4. The van der Waals surface area contributed by atoms with Crippen molar-refractivity contribution in [1.82, 2.24) is 0 Å². The summed E-state index contributed by atoms with van der Waals surface area (Å²) >= 11 is 0. The van der Waals surface area contributed by atoms with Gasteiger partial charge in [-0.1, -0.05) is 13.0 Å². The van der Waals surface area contributed by atoms with Crippen LogP contribution in [0.15, 0.2) is 18.2 Å². The van der Waals surface area contributed by atoms with Gasteiger partial charge in [-0.05, 0) is 43.4 Å². The summed E-state index contributed by atoms with van der Waals surface area (Å²) in [7, 11) is 0. The molecular formula is C14H20FNO. The third kappa shape index (κ3) is 2.78. The zero-order valence-electron chi connectivity index (χ0n) is 10.5. The summed E-state index contributed by atoms with van der Waals surface area (Å²) < 4.78 is 14.0. The SMILES string of the molecule is C[C@H]1CCCN(c2ccc([C@@H](C)O)cc2F)C1. The average Bonchev–Trinajstić information content (AvgIpc) is 2.28. The van der Waals surface area contributed by atoms with Crippen LogP contribution in [-0.4, -0.2) is 18.2 Å². The van der Waals surface area contributed by atoms with E-state index in [-0.39, 0.29) is 5.82 Å². The summed E-state index contributed by atoms with van der Waals surface area (Å²) in [6.45, 7) is 5.70. The Kier molecular flexibility index (Phi) is 3.67. The van der Waals surface area contributed by atoms with Crippen LogP contribution < -0.4 is 4.90 Å². The lowest BCUT2D eigenvalue weighted by Crippen LogP contribution is -2.34. The Labute approximate surface area is 102 Å². The van der Waals surface area contributed by atoms with Crippen molar-refractivity contribution in [3.63, 3.8) is 0 Å². The van der Waals surface area contributed by atoms with Crippen LogP contribution in [0.25, 0.3) is 0 Å². The second-order valence-electron chi connectivity index (χ2n) is 5.08. The minimum Gasteiger partial charge on any atom is -0.389 e. The maximum absolute atomic E-state index is 14.0. The van der Waals surface area contributed by atoms with E-state index < -0.39 is 6.10 Å². The molecular weight excluding hydrogens is 217 g/mol. The number of piperidine rings is 1. The Hall–Kier alpha value is -1.09. The average molecular weight is 237 g/mol. The van der Waals surface area contributed by atoms with Gasteiger partial charge in [-0.2, -0.15) is 0 Å². The molecule has 1 heterocycles. The van der Waals surface area contributed by atoms with Crippen LogP contribution in [0.4, 0.5) is 10.1 Å². The van der Waals surface area contributed by atoms with Gasteiger partial charge in [-0.3, -0.25) is 0 Å². The monoisotopic (exact) mass is 237 g/mol. The molecule has 1 aliphatic rings. The lowest BCUT2D eigenvalue weighted by atomic mass is 9.99. The van der Waals surface area contributed by atoms with Crippen molar-refractivity contribution in [2.45, 2.75) is 32.8 Å². The topological polar surface area (TPSA) is 23.5 Å². The molecule has 17 heavy (non-hydrogen) atoms. The Morgan fingerprint density at radius 3 is 2.82 bits per heavy atom. The van der Waals surface area contributed by atoms with E-state index >= 15 is 0 Å². The molecule has 2 atom stereocenters. The number of halogens is 1. The lowest BCUT2D eigenvalue weighted by molar-refractivity contribution is 0.199. The van der Waals surface area contributed by atoms with E-state index in [2.05, 4.69) is 11.8 Å². The third-order valence-electron chi connectivity index (χ3n) is 3.45. The highest BCUT2D eigenvalue weighted by Crippen LogP contribution is 2.27. The molecule has 0 spiro atoms. The minimum atomic E-state index is -0.612. The molecule has 1 aliphatic heterocycles. The number of hydrogen-bond acceptors (Lipinski definition) is 2. The van der Waals surface area contributed by atoms with Crippen molar-refractivity contribution < 1.29 is 9.50 Å². The van der Waals surface area contributed by atoms with Gasteiger partial charge >= 0.3 is 0 Å². The molecule has 1 aromatic rings. The fourth-order valence-electron chi connectivity index (χ4n) is 2.45. The number of rotatable bonds is 2. The molecule has 0 unspecified atom stereocenters. The van der Waals surface area contributed by atoms with E-state index in [4.69, 9.17) is 0 Å². The van der Waals surface area contributed by atoms with Gasteiger partial charge < -0.3 is 10.0 Å². The highest BCUT2D eigenvalue weighted by molar-refractivity contribution is 5.49. The molecule has 0 aliphatic carbocycles. The maximum atomic E-state index is 14.0. The fourth-order valence-corrected chi connectivity index (χ4v) is 2.45. The summed E-state index contributed by atoms with van der Waals surface area (Å²) in [5.74, 6) is 0.400. The van der Waals surface area contributed by atoms with Gasteiger partial charge in [0, 0.05) is 13.1 Å². The van der Waals surface area contributed by atoms with Crippen LogP contribution in [0.5, 0.6) is 0 Å². The van der Waals surface area contributed by atoms with E-state index in [1.807, 2.05) is 6.07 Å². The number of aliphatic hydroxyl groups is 1. The zero-order chi connectivity index (χ0) is 12.4. The first-order chi connectivity index (χ1) is 8.08. The quantitative estimate of drug-likeness (QED) is 0.854. The molecule has 94 valence electrons. The first-order valence-electron chi connectivity index (χ1n) is 6.30. The van der Waals surface area contributed by atoms with Crippen LogP contribution >= 0.6 is 0 Å². The van der Waals surface area contributed by atoms with Crippen molar-refractivity contribution in [3.05, 3.63) is 29.6 Å².